The molecule has 1 N–H and O–H groups in total. The largest absolute Gasteiger partial charge is 0.478 e. The van der Waals surface area contributed by atoms with E-state index in [1.807, 2.05) is 0 Å². The van der Waals surface area contributed by atoms with Crippen LogP contribution in [0, 0.1) is 0 Å². The number of aromatic nitrogens is 1. The number of pyridine rings is 1. The van der Waals surface area contributed by atoms with Crippen molar-refractivity contribution < 1.29 is 9.90 Å². The second-order valence-corrected chi connectivity index (χ2v) is 4.18. The van der Waals surface area contributed by atoms with Gasteiger partial charge in [0.05, 0.1) is 11.1 Å². The molecule has 0 aliphatic rings. The van der Waals surface area contributed by atoms with Crippen LogP contribution >= 0.6 is 27.5 Å². The third-order valence-corrected chi connectivity index (χ3v) is 3.08. The summed E-state index contributed by atoms with van der Waals surface area (Å²) in [6, 6.07) is 5.14. The summed E-state index contributed by atoms with van der Waals surface area (Å²) in [5.74, 6) is -1.02. The molecule has 2 aromatic rings. The van der Waals surface area contributed by atoms with Crippen molar-refractivity contribution >= 4 is 44.4 Å². The molecule has 15 heavy (non-hydrogen) atoms. The van der Waals surface area contributed by atoms with Gasteiger partial charge >= 0.3 is 5.97 Å². The molecule has 5 heteroatoms. The summed E-state index contributed by atoms with van der Waals surface area (Å²) < 4.78 is 0.502. The number of carbonyl (C=O) groups is 1. The van der Waals surface area contributed by atoms with Crippen LogP contribution in [0.15, 0.2) is 28.9 Å². The first-order valence-electron chi connectivity index (χ1n) is 4.06. The minimum Gasteiger partial charge on any atom is -0.478 e. The van der Waals surface area contributed by atoms with Gasteiger partial charge in [-0.2, -0.15) is 0 Å². The topological polar surface area (TPSA) is 50.2 Å². The normalized spacial score (nSPS) is 10.5. The fraction of sp³-hybridized carbons (Fsp3) is 0. The maximum Gasteiger partial charge on any atom is 0.338 e. The molecule has 2 rings (SSSR count). The SMILES string of the molecule is O=C(O)c1cnc2ccc(Cl)cc2c1Br. The van der Waals surface area contributed by atoms with Crippen LogP contribution in [-0.4, -0.2) is 16.1 Å². The molecule has 76 valence electrons. The number of hydrogen-bond donors (Lipinski definition) is 1. The average molecular weight is 287 g/mol. The maximum atomic E-state index is 10.8. The summed E-state index contributed by atoms with van der Waals surface area (Å²) in [5.41, 5.74) is 0.834. The number of benzene rings is 1. The van der Waals surface area contributed by atoms with E-state index in [0.717, 1.165) is 0 Å². The molecule has 0 radical (unpaired) electrons. The van der Waals surface area contributed by atoms with E-state index in [4.69, 9.17) is 16.7 Å². The predicted molar refractivity (Wildman–Crippen MR) is 61.4 cm³/mol. The van der Waals surface area contributed by atoms with E-state index in [1.54, 1.807) is 18.2 Å². The zero-order chi connectivity index (χ0) is 11.0. The maximum absolute atomic E-state index is 10.8. The molecule has 0 saturated heterocycles. The van der Waals surface area contributed by atoms with Gasteiger partial charge in [-0.3, -0.25) is 4.98 Å². The Morgan fingerprint density at radius 1 is 1.47 bits per heavy atom. The van der Waals surface area contributed by atoms with E-state index in [0.29, 0.717) is 20.4 Å². The third-order valence-electron chi connectivity index (χ3n) is 1.99. The van der Waals surface area contributed by atoms with Gasteiger partial charge in [-0.25, -0.2) is 4.79 Å². The van der Waals surface area contributed by atoms with E-state index in [1.165, 1.54) is 6.20 Å². The number of fused-ring (bicyclic) bond motifs is 1. The van der Waals surface area contributed by atoms with Crippen molar-refractivity contribution in [2.75, 3.05) is 0 Å². The molecule has 1 aromatic carbocycles. The van der Waals surface area contributed by atoms with Crippen molar-refractivity contribution in [3.05, 3.63) is 39.5 Å². The van der Waals surface area contributed by atoms with Gasteiger partial charge < -0.3 is 5.11 Å². The summed E-state index contributed by atoms with van der Waals surface area (Å²) in [4.78, 5) is 14.9. The van der Waals surface area contributed by atoms with Crippen LogP contribution in [0.5, 0.6) is 0 Å². The molecule has 1 aromatic heterocycles. The summed E-state index contributed by atoms with van der Waals surface area (Å²) >= 11 is 9.06. The highest BCUT2D eigenvalue weighted by molar-refractivity contribution is 9.10. The zero-order valence-corrected chi connectivity index (χ0v) is 9.71. The summed E-state index contributed by atoms with van der Waals surface area (Å²) in [5, 5.41) is 10.1. The highest BCUT2D eigenvalue weighted by Gasteiger charge is 2.12. The van der Waals surface area contributed by atoms with Crippen molar-refractivity contribution in [1.82, 2.24) is 4.98 Å². The Kier molecular flexibility index (Phi) is 2.63. The smallest absolute Gasteiger partial charge is 0.338 e. The predicted octanol–water partition coefficient (Wildman–Crippen LogP) is 3.35. The molecule has 1 heterocycles. The lowest BCUT2D eigenvalue weighted by Gasteiger charge is -2.03. The molecule has 0 atom stereocenters. The lowest BCUT2D eigenvalue weighted by Crippen LogP contribution is -1.99. The molecular formula is C10H5BrClNO2. The van der Waals surface area contributed by atoms with Crippen molar-refractivity contribution in [2.24, 2.45) is 0 Å². The van der Waals surface area contributed by atoms with Crippen molar-refractivity contribution in [3.63, 3.8) is 0 Å². The quantitative estimate of drug-likeness (QED) is 0.874. The molecule has 0 saturated carbocycles. The molecule has 0 amide bonds. The Hall–Kier alpha value is -1.13. The second-order valence-electron chi connectivity index (χ2n) is 2.95. The lowest BCUT2D eigenvalue weighted by atomic mass is 10.1. The van der Waals surface area contributed by atoms with Crippen LogP contribution in [0.25, 0.3) is 10.9 Å². The van der Waals surface area contributed by atoms with Gasteiger partial charge in [-0.15, -0.1) is 0 Å². The number of carboxylic acid groups (broad SMARTS) is 1. The number of rotatable bonds is 1. The van der Waals surface area contributed by atoms with E-state index < -0.39 is 5.97 Å². The first-order valence-corrected chi connectivity index (χ1v) is 5.24. The van der Waals surface area contributed by atoms with Gasteiger partial charge in [0.1, 0.15) is 0 Å². The van der Waals surface area contributed by atoms with Gasteiger partial charge in [-0.1, -0.05) is 11.6 Å². The van der Waals surface area contributed by atoms with Crippen LogP contribution in [-0.2, 0) is 0 Å². The molecular weight excluding hydrogens is 281 g/mol. The van der Waals surface area contributed by atoms with E-state index in [9.17, 15) is 4.79 Å². The number of nitrogens with zero attached hydrogens (tertiary/aromatic N) is 1. The molecule has 0 spiro atoms. The molecule has 3 nitrogen and oxygen atoms in total. The highest BCUT2D eigenvalue weighted by atomic mass is 79.9. The molecule has 0 bridgehead atoms. The monoisotopic (exact) mass is 285 g/mol. The first-order chi connectivity index (χ1) is 7.09. The van der Waals surface area contributed by atoms with Gasteiger partial charge in [0, 0.05) is 21.1 Å². The van der Waals surface area contributed by atoms with Crippen LogP contribution < -0.4 is 0 Å². The van der Waals surface area contributed by atoms with E-state index >= 15 is 0 Å². The van der Waals surface area contributed by atoms with Crippen molar-refractivity contribution in [3.8, 4) is 0 Å². The minimum atomic E-state index is -1.02. The zero-order valence-electron chi connectivity index (χ0n) is 7.37. The highest BCUT2D eigenvalue weighted by Crippen LogP contribution is 2.28. The van der Waals surface area contributed by atoms with Crippen molar-refractivity contribution in [1.29, 1.82) is 0 Å². The Bertz CT molecular complexity index is 556. The second kappa shape index (κ2) is 3.79. The fourth-order valence-electron chi connectivity index (χ4n) is 1.28. The number of aromatic carboxylic acids is 1. The molecule has 0 aliphatic carbocycles. The lowest BCUT2D eigenvalue weighted by molar-refractivity contribution is 0.0695. The molecule has 0 fully saturated rings. The number of carboxylic acids is 1. The molecule has 0 aliphatic heterocycles. The van der Waals surface area contributed by atoms with Crippen LogP contribution in [0.2, 0.25) is 5.02 Å². The van der Waals surface area contributed by atoms with Gasteiger partial charge in [0.25, 0.3) is 0 Å². The van der Waals surface area contributed by atoms with Crippen LogP contribution in [0.3, 0.4) is 0 Å². The fourth-order valence-corrected chi connectivity index (χ4v) is 2.04. The van der Waals surface area contributed by atoms with E-state index in [2.05, 4.69) is 20.9 Å². The van der Waals surface area contributed by atoms with Gasteiger partial charge in [-0.05, 0) is 34.1 Å². The Balaban J connectivity index is 2.82. The van der Waals surface area contributed by atoms with Crippen LogP contribution in [0.1, 0.15) is 10.4 Å². The Morgan fingerprint density at radius 3 is 2.87 bits per heavy atom. The Labute approximate surface area is 98.8 Å². The van der Waals surface area contributed by atoms with Crippen LogP contribution in [0.4, 0.5) is 0 Å². The van der Waals surface area contributed by atoms with Crippen molar-refractivity contribution in [2.45, 2.75) is 0 Å². The minimum absolute atomic E-state index is 0.129. The number of halogens is 2. The standard InChI is InChI=1S/C10H5BrClNO2/c11-9-6-3-5(12)1-2-8(6)13-4-7(9)10(14)15/h1-4H,(H,14,15). The number of hydrogen-bond acceptors (Lipinski definition) is 2. The van der Waals surface area contributed by atoms with Gasteiger partial charge in [0.2, 0.25) is 0 Å². The first kappa shape index (κ1) is 10.4. The van der Waals surface area contributed by atoms with E-state index in [-0.39, 0.29) is 5.56 Å². The Morgan fingerprint density at radius 2 is 2.20 bits per heavy atom. The summed E-state index contributed by atoms with van der Waals surface area (Å²) in [6.07, 6.45) is 1.32. The third kappa shape index (κ3) is 1.82. The molecule has 0 unspecified atom stereocenters. The summed E-state index contributed by atoms with van der Waals surface area (Å²) in [7, 11) is 0. The summed E-state index contributed by atoms with van der Waals surface area (Å²) in [6.45, 7) is 0. The average Bonchev–Trinajstić information content (AvgIpc) is 2.19. The van der Waals surface area contributed by atoms with Gasteiger partial charge in [0.15, 0.2) is 0 Å².